The fraction of sp³-hybridized carbons (Fsp3) is 0.391. The van der Waals surface area contributed by atoms with Crippen LogP contribution in [0.1, 0.15) is 47.9 Å². The molecule has 176 valence electrons. The Kier molecular flexibility index (Phi) is 5.97. The lowest BCUT2D eigenvalue weighted by atomic mass is 9.98. The number of hydrogen-bond acceptors (Lipinski definition) is 8. The number of aromatic nitrogens is 2. The number of rotatable bonds is 6. The van der Waals surface area contributed by atoms with Gasteiger partial charge in [-0.1, -0.05) is 11.2 Å². The van der Waals surface area contributed by atoms with Gasteiger partial charge in [-0.3, -0.25) is 4.79 Å². The molecule has 2 fully saturated rings. The van der Waals surface area contributed by atoms with Crippen LogP contribution in [0, 0.1) is 24.2 Å². The summed E-state index contributed by atoms with van der Waals surface area (Å²) in [6, 6.07) is 10.3. The summed E-state index contributed by atoms with van der Waals surface area (Å²) >= 11 is 1.32. The molecular weight excluding hydrogens is 474 g/mol. The van der Waals surface area contributed by atoms with Gasteiger partial charge in [0.1, 0.15) is 0 Å². The van der Waals surface area contributed by atoms with Gasteiger partial charge in [-0.25, -0.2) is 8.42 Å². The number of piperidine rings is 1. The van der Waals surface area contributed by atoms with Crippen molar-refractivity contribution in [2.24, 2.45) is 5.92 Å². The lowest BCUT2D eigenvalue weighted by Gasteiger charge is -2.31. The van der Waals surface area contributed by atoms with Crippen LogP contribution < -0.4 is 5.32 Å². The van der Waals surface area contributed by atoms with E-state index in [4.69, 9.17) is 9.78 Å². The summed E-state index contributed by atoms with van der Waals surface area (Å²) in [5, 5.41) is 15.9. The van der Waals surface area contributed by atoms with Crippen LogP contribution in [0.4, 0.5) is 5.69 Å². The number of nitrogens with zero attached hydrogens (tertiary/aromatic N) is 4. The SMILES string of the molecule is Cc1sc(-c2noc(C3CC3)n2)cc1S(=O)(=O)N1CCC[C@@H](C(=O)Nc2cccc(C#N)c2)C1. The molecule has 9 nitrogen and oxygen atoms in total. The number of nitrogens with one attached hydrogen (secondary N) is 1. The van der Waals surface area contributed by atoms with Crippen molar-refractivity contribution in [3.63, 3.8) is 0 Å². The summed E-state index contributed by atoms with van der Waals surface area (Å²) in [6.45, 7) is 2.22. The highest BCUT2D eigenvalue weighted by atomic mass is 32.2. The maximum atomic E-state index is 13.5. The monoisotopic (exact) mass is 497 g/mol. The molecule has 1 aliphatic carbocycles. The van der Waals surface area contributed by atoms with Gasteiger partial charge < -0.3 is 9.84 Å². The molecule has 1 aliphatic heterocycles. The van der Waals surface area contributed by atoms with E-state index < -0.39 is 15.9 Å². The second-order valence-electron chi connectivity index (χ2n) is 8.65. The minimum Gasteiger partial charge on any atom is -0.339 e. The topological polar surface area (TPSA) is 129 Å². The van der Waals surface area contributed by atoms with Crippen molar-refractivity contribution in [2.45, 2.75) is 43.4 Å². The molecule has 1 aromatic carbocycles. The molecule has 11 heteroatoms. The van der Waals surface area contributed by atoms with Crippen LogP contribution in [-0.2, 0) is 14.8 Å². The molecule has 3 heterocycles. The Balaban J connectivity index is 1.32. The maximum Gasteiger partial charge on any atom is 0.244 e. The van der Waals surface area contributed by atoms with Crippen molar-refractivity contribution in [1.82, 2.24) is 14.4 Å². The van der Waals surface area contributed by atoms with E-state index in [9.17, 15) is 13.2 Å². The quantitative estimate of drug-likeness (QED) is 0.547. The van der Waals surface area contributed by atoms with Crippen molar-refractivity contribution < 1.29 is 17.7 Å². The van der Waals surface area contributed by atoms with E-state index in [0.29, 0.717) is 58.0 Å². The van der Waals surface area contributed by atoms with Gasteiger partial charge in [0.05, 0.1) is 27.3 Å². The Hall–Kier alpha value is -3.07. The first-order valence-electron chi connectivity index (χ1n) is 11.1. The molecule has 0 spiro atoms. The molecule has 3 aromatic rings. The molecule has 1 saturated heterocycles. The highest BCUT2D eigenvalue weighted by Crippen LogP contribution is 2.41. The molecule has 5 rings (SSSR count). The van der Waals surface area contributed by atoms with Gasteiger partial charge in [-0.05, 0) is 56.9 Å². The number of benzene rings is 1. The number of sulfonamides is 1. The van der Waals surface area contributed by atoms with Crippen molar-refractivity contribution in [1.29, 1.82) is 5.26 Å². The van der Waals surface area contributed by atoms with E-state index in [1.807, 2.05) is 6.07 Å². The number of amides is 1. The molecule has 0 radical (unpaired) electrons. The molecule has 1 saturated carbocycles. The van der Waals surface area contributed by atoms with Crippen molar-refractivity contribution in [2.75, 3.05) is 18.4 Å². The van der Waals surface area contributed by atoms with E-state index in [2.05, 4.69) is 15.5 Å². The Morgan fingerprint density at radius 3 is 2.88 bits per heavy atom. The zero-order chi connectivity index (χ0) is 23.9. The van der Waals surface area contributed by atoms with Crippen LogP contribution in [0.2, 0.25) is 0 Å². The third kappa shape index (κ3) is 4.49. The Morgan fingerprint density at radius 2 is 2.12 bits per heavy atom. The van der Waals surface area contributed by atoms with Crippen molar-refractivity contribution in [3.05, 3.63) is 46.7 Å². The van der Waals surface area contributed by atoms with E-state index in [-0.39, 0.29) is 17.3 Å². The number of aryl methyl sites for hydroxylation is 1. The zero-order valence-corrected chi connectivity index (χ0v) is 20.2. The van der Waals surface area contributed by atoms with Crippen LogP contribution in [-0.4, -0.2) is 41.9 Å². The molecule has 1 atom stereocenters. The van der Waals surface area contributed by atoms with Crippen LogP contribution in [0.3, 0.4) is 0 Å². The summed E-state index contributed by atoms with van der Waals surface area (Å²) in [7, 11) is -3.79. The van der Waals surface area contributed by atoms with Crippen LogP contribution in [0.5, 0.6) is 0 Å². The number of thiophene rings is 1. The molecule has 1 N–H and O–H groups in total. The second-order valence-corrected chi connectivity index (χ2v) is 11.8. The van der Waals surface area contributed by atoms with E-state index in [1.165, 1.54) is 15.6 Å². The van der Waals surface area contributed by atoms with E-state index >= 15 is 0 Å². The Morgan fingerprint density at radius 1 is 1.29 bits per heavy atom. The lowest BCUT2D eigenvalue weighted by molar-refractivity contribution is -0.120. The molecule has 2 aliphatic rings. The van der Waals surface area contributed by atoms with E-state index in [0.717, 1.165) is 12.8 Å². The minimum absolute atomic E-state index is 0.102. The fourth-order valence-corrected chi connectivity index (χ4v) is 7.10. The average Bonchev–Trinajstić information content (AvgIpc) is 3.43. The Labute approximate surface area is 201 Å². The standard InChI is InChI=1S/C23H23N5O4S2/c1-14-20(11-19(33-14)21-26-23(32-27-21)16-7-8-16)34(30,31)28-9-3-5-17(13-28)22(29)25-18-6-2-4-15(10-18)12-24/h2,4,6,10-11,16-17H,3,5,7-9,13H2,1H3,(H,25,29)/t17-/m1/s1. The molecule has 0 unspecified atom stereocenters. The van der Waals surface area contributed by atoms with Crippen molar-refractivity contribution >= 4 is 33.0 Å². The first kappa shape index (κ1) is 22.7. The molecule has 2 aromatic heterocycles. The summed E-state index contributed by atoms with van der Waals surface area (Å²) in [5.41, 5.74) is 0.966. The number of anilines is 1. The van der Waals surface area contributed by atoms with Crippen LogP contribution in [0.15, 0.2) is 39.8 Å². The van der Waals surface area contributed by atoms with Crippen LogP contribution >= 0.6 is 11.3 Å². The number of hydrogen-bond donors (Lipinski definition) is 1. The smallest absolute Gasteiger partial charge is 0.244 e. The number of nitriles is 1. The lowest BCUT2D eigenvalue weighted by Crippen LogP contribution is -2.43. The van der Waals surface area contributed by atoms with E-state index in [1.54, 1.807) is 37.3 Å². The fourth-order valence-electron chi connectivity index (χ4n) is 4.09. The number of carbonyl (C=O) groups excluding carboxylic acids is 1. The summed E-state index contributed by atoms with van der Waals surface area (Å²) in [4.78, 5) is 18.8. The van der Waals surface area contributed by atoms with Gasteiger partial charge in [-0.2, -0.15) is 14.6 Å². The van der Waals surface area contributed by atoms with Gasteiger partial charge in [0, 0.05) is 29.6 Å². The maximum absolute atomic E-state index is 13.5. The number of carbonyl (C=O) groups is 1. The highest BCUT2D eigenvalue weighted by molar-refractivity contribution is 7.89. The first-order chi connectivity index (χ1) is 16.3. The van der Waals surface area contributed by atoms with Gasteiger partial charge >= 0.3 is 0 Å². The molecule has 34 heavy (non-hydrogen) atoms. The van der Waals surface area contributed by atoms with Crippen molar-refractivity contribution in [3.8, 4) is 16.8 Å². The van der Waals surface area contributed by atoms with Gasteiger partial charge in [0.15, 0.2) is 0 Å². The van der Waals surface area contributed by atoms with Crippen LogP contribution in [0.25, 0.3) is 10.7 Å². The molecule has 0 bridgehead atoms. The summed E-state index contributed by atoms with van der Waals surface area (Å²) in [5.74, 6) is 0.607. The summed E-state index contributed by atoms with van der Waals surface area (Å²) < 4.78 is 33.7. The average molecular weight is 498 g/mol. The Bertz CT molecular complexity index is 1380. The predicted molar refractivity (Wildman–Crippen MR) is 126 cm³/mol. The zero-order valence-electron chi connectivity index (χ0n) is 18.5. The third-order valence-electron chi connectivity index (χ3n) is 6.09. The minimum atomic E-state index is -3.79. The predicted octanol–water partition coefficient (Wildman–Crippen LogP) is 3.90. The second kappa shape index (κ2) is 8.94. The largest absolute Gasteiger partial charge is 0.339 e. The third-order valence-corrected chi connectivity index (χ3v) is 9.26. The first-order valence-corrected chi connectivity index (χ1v) is 13.4. The highest BCUT2D eigenvalue weighted by Gasteiger charge is 2.35. The summed E-state index contributed by atoms with van der Waals surface area (Å²) in [6.07, 6.45) is 3.26. The van der Waals surface area contributed by atoms with Gasteiger partial charge in [0.25, 0.3) is 0 Å². The molecule has 1 amide bonds. The van der Waals surface area contributed by atoms with Gasteiger partial charge in [-0.15, -0.1) is 11.3 Å². The molecular formula is C23H23N5O4S2. The normalized spacial score (nSPS) is 19.0. The van der Waals surface area contributed by atoms with Gasteiger partial charge in [0.2, 0.25) is 27.6 Å².